The molecule has 4 aromatic rings. The van der Waals surface area contributed by atoms with Gasteiger partial charge in [0.1, 0.15) is 29.1 Å². The zero-order valence-corrected chi connectivity index (χ0v) is 25.2. The quantitative estimate of drug-likeness (QED) is 0.276. The second kappa shape index (κ2) is 12.0. The Bertz CT molecular complexity index is 1800. The molecule has 0 spiro atoms. The smallest absolute Gasteiger partial charge is 0.318 e. The Balaban J connectivity index is 0.000000308. The molecule has 4 unspecified atom stereocenters. The van der Waals surface area contributed by atoms with Gasteiger partial charge in [-0.1, -0.05) is 18.1 Å². The van der Waals surface area contributed by atoms with E-state index < -0.39 is 17.8 Å². The first-order valence-electron chi connectivity index (χ1n) is 15.7. The standard InChI is InChI=1S/C28H24F2N4O2.C7H12FN/c1-3-19-23(29)9-4-15-12-18(35)13-22(24(15)19)20-7-8-21-26(25(20)30)32-28(36-2)33-27(21)34-11-10-16-5-6-17(14-34)31-16;8-6-4-7-2-1-3-9(7)5-6/h1,4,7-9,12-13,16-17,31,35H,5-6,10-11,14H2,2H3;6-7H,1-5H2. The molecule has 3 aromatic carbocycles. The number of nitrogens with zero attached hydrogens (tertiary/aromatic N) is 4. The predicted molar refractivity (Wildman–Crippen MR) is 169 cm³/mol. The van der Waals surface area contributed by atoms with Crippen LogP contribution in [0.2, 0.25) is 0 Å². The van der Waals surface area contributed by atoms with Crippen molar-refractivity contribution in [2.75, 3.05) is 38.2 Å². The van der Waals surface area contributed by atoms with Crippen LogP contribution in [0.25, 0.3) is 32.8 Å². The number of fused-ring (bicyclic) bond motifs is 5. The molecule has 4 aliphatic rings. The fourth-order valence-corrected chi connectivity index (χ4v) is 7.61. The monoisotopic (exact) mass is 615 g/mol. The fourth-order valence-electron chi connectivity index (χ4n) is 7.61. The molecule has 0 radical (unpaired) electrons. The molecular formula is C35H36F3N5O2. The third kappa shape index (κ3) is 5.53. The van der Waals surface area contributed by atoms with Crippen LogP contribution in [0.1, 0.15) is 44.1 Å². The van der Waals surface area contributed by atoms with E-state index in [2.05, 4.69) is 31.0 Å². The summed E-state index contributed by atoms with van der Waals surface area (Å²) in [5, 5.41) is 15.4. The highest BCUT2D eigenvalue weighted by molar-refractivity contribution is 6.04. The van der Waals surface area contributed by atoms with E-state index in [0.29, 0.717) is 46.6 Å². The van der Waals surface area contributed by atoms with Crippen molar-refractivity contribution < 1.29 is 23.0 Å². The van der Waals surface area contributed by atoms with E-state index in [4.69, 9.17) is 11.2 Å². The molecule has 7 nitrogen and oxygen atoms in total. The first kappa shape index (κ1) is 29.6. The van der Waals surface area contributed by atoms with Crippen LogP contribution in [0.4, 0.5) is 19.0 Å². The highest BCUT2D eigenvalue weighted by Crippen LogP contribution is 2.40. The molecule has 0 saturated carbocycles. The number of anilines is 1. The number of phenolic OH excluding ortho intramolecular Hbond substituents is 1. The summed E-state index contributed by atoms with van der Waals surface area (Å²) in [7, 11) is 1.45. The van der Waals surface area contributed by atoms with Crippen molar-refractivity contribution in [3.8, 4) is 35.2 Å². The lowest BCUT2D eigenvalue weighted by molar-refractivity contribution is 0.292. The number of halogens is 3. The Morgan fingerprint density at radius 2 is 1.84 bits per heavy atom. The Hall–Kier alpha value is -4.07. The molecule has 234 valence electrons. The molecule has 0 amide bonds. The molecule has 45 heavy (non-hydrogen) atoms. The molecule has 5 heterocycles. The van der Waals surface area contributed by atoms with Crippen LogP contribution in [0, 0.1) is 24.0 Å². The lowest BCUT2D eigenvalue weighted by atomic mass is 9.93. The normalized spacial score (nSPS) is 24.3. The Kier molecular flexibility index (Phi) is 7.92. The van der Waals surface area contributed by atoms with Crippen molar-refractivity contribution in [2.45, 2.75) is 62.8 Å². The second-order valence-electron chi connectivity index (χ2n) is 12.5. The Morgan fingerprint density at radius 3 is 2.64 bits per heavy atom. The lowest BCUT2D eigenvalue weighted by Gasteiger charge is -2.26. The van der Waals surface area contributed by atoms with E-state index in [1.54, 1.807) is 12.1 Å². The molecule has 4 saturated heterocycles. The Labute approximate surface area is 260 Å². The van der Waals surface area contributed by atoms with Gasteiger partial charge in [0.15, 0.2) is 5.82 Å². The van der Waals surface area contributed by atoms with Gasteiger partial charge in [-0.2, -0.15) is 9.97 Å². The first-order valence-corrected chi connectivity index (χ1v) is 15.7. The van der Waals surface area contributed by atoms with Gasteiger partial charge in [0.25, 0.3) is 0 Å². The number of alkyl halides is 1. The zero-order valence-electron chi connectivity index (χ0n) is 25.2. The maximum atomic E-state index is 16.2. The summed E-state index contributed by atoms with van der Waals surface area (Å²) in [6.45, 7) is 3.40. The first-order chi connectivity index (χ1) is 21.8. The average Bonchev–Trinajstić information content (AvgIpc) is 3.71. The van der Waals surface area contributed by atoms with Gasteiger partial charge in [-0.05, 0) is 80.3 Å². The maximum Gasteiger partial charge on any atom is 0.318 e. The van der Waals surface area contributed by atoms with Crippen molar-refractivity contribution >= 4 is 27.5 Å². The van der Waals surface area contributed by atoms with Crippen LogP contribution >= 0.6 is 0 Å². The van der Waals surface area contributed by atoms with Gasteiger partial charge in [-0.25, -0.2) is 13.2 Å². The summed E-state index contributed by atoms with van der Waals surface area (Å²) in [6.07, 6.45) is 11.7. The highest BCUT2D eigenvalue weighted by Gasteiger charge is 2.35. The van der Waals surface area contributed by atoms with E-state index in [1.807, 2.05) is 0 Å². The topological polar surface area (TPSA) is 73.8 Å². The molecule has 4 aliphatic heterocycles. The van der Waals surface area contributed by atoms with E-state index in [-0.39, 0.29) is 34.0 Å². The van der Waals surface area contributed by atoms with Crippen molar-refractivity contribution in [3.05, 3.63) is 53.6 Å². The second-order valence-corrected chi connectivity index (χ2v) is 12.5. The third-order valence-electron chi connectivity index (χ3n) is 9.72. The third-order valence-corrected chi connectivity index (χ3v) is 9.72. The van der Waals surface area contributed by atoms with Crippen molar-refractivity contribution in [1.82, 2.24) is 20.2 Å². The minimum atomic E-state index is -0.622. The van der Waals surface area contributed by atoms with Crippen LogP contribution in [0.3, 0.4) is 0 Å². The summed E-state index contributed by atoms with van der Waals surface area (Å²) < 4.78 is 48.8. The number of hydrogen-bond acceptors (Lipinski definition) is 7. The predicted octanol–water partition coefficient (Wildman–Crippen LogP) is 5.95. The van der Waals surface area contributed by atoms with Gasteiger partial charge in [0.05, 0.1) is 12.7 Å². The van der Waals surface area contributed by atoms with Crippen LogP contribution in [0.5, 0.6) is 11.8 Å². The number of aromatic hydroxyl groups is 1. The number of rotatable bonds is 3. The molecule has 1 aromatic heterocycles. The van der Waals surface area contributed by atoms with Crippen LogP contribution in [-0.4, -0.2) is 77.6 Å². The number of aromatic nitrogens is 2. The summed E-state index contributed by atoms with van der Waals surface area (Å²) in [6, 6.07) is 10.5. The van der Waals surface area contributed by atoms with Crippen LogP contribution in [-0.2, 0) is 0 Å². The van der Waals surface area contributed by atoms with Gasteiger partial charge in [0, 0.05) is 54.1 Å². The molecule has 0 aliphatic carbocycles. The van der Waals surface area contributed by atoms with E-state index in [9.17, 15) is 13.9 Å². The number of hydrogen-bond donors (Lipinski definition) is 2. The fraction of sp³-hybridized carbons (Fsp3) is 0.429. The largest absolute Gasteiger partial charge is 0.508 e. The maximum absolute atomic E-state index is 16.2. The van der Waals surface area contributed by atoms with Gasteiger partial charge < -0.3 is 20.1 Å². The van der Waals surface area contributed by atoms with Gasteiger partial charge >= 0.3 is 6.01 Å². The number of ether oxygens (including phenoxy) is 1. The molecule has 8 rings (SSSR count). The molecule has 2 N–H and O–H groups in total. The molecule has 10 heteroatoms. The number of nitrogens with one attached hydrogen (secondary N) is 1. The van der Waals surface area contributed by atoms with E-state index in [1.165, 1.54) is 50.6 Å². The van der Waals surface area contributed by atoms with Crippen molar-refractivity contribution in [1.29, 1.82) is 0 Å². The average molecular weight is 616 g/mol. The lowest BCUT2D eigenvalue weighted by Crippen LogP contribution is -2.35. The number of phenols is 1. The molecule has 2 bridgehead atoms. The molecule has 4 fully saturated rings. The van der Waals surface area contributed by atoms with Crippen molar-refractivity contribution in [2.24, 2.45) is 0 Å². The number of terminal acetylenes is 1. The van der Waals surface area contributed by atoms with Gasteiger partial charge in [-0.3, -0.25) is 4.90 Å². The summed E-state index contributed by atoms with van der Waals surface area (Å²) in [5.74, 6) is 1.70. The molecular weight excluding hydrogens is 579 g/mol. The minimum absolute atomic E-state index is 0.00933. The summed E-state index contributed by atoms with van der Waals surface area (Å²) >= 11 is 0. The van der Waals surface area contributed by atoms with Gasteiger partial charge in [0.2, 0.25) is 0 Å². The van der Waals surface area contributed by atoms with E-state index >= 15 is 4.39 Å². The van der Waals surface area contributed by atoms with Crippen LogP contribution < -0.4 is 15.0 Å². The molecule has 4 atom stereocenters. The number of methoxy groups -OCH3 is 1. The summed E-state index contributed by atoms with van der Waals surface area (Å²) in [4.78, 5) is 13.4. The van der Waals surface area contributed by atoms with E-state index in [0.717, 1.165) is 38.9 Å². The summed E-state index contributed by atoms with van der Waals surface area (Å²) in [5.41, 5.74) is 0.531. The van der Waals surface area contributed by atoms with Crippen LogP contribution in [0.15, 0.2) is 36.4 Å². The zero-order chi connectivity index (χ0) is 31.2. The highest BCUT2D eigenvalue weighted by atomic mass is 19.1. The minimum Gasteiger partial charge on any atom is -0.508 e. The number of benzene rings is 3. The SMILES string of the molecule is C#Cc1c(F)ccc2cc(O)cc(-c3ccc4c(N5CCC6CCC(C5)N6)nc(OC)nc4c3F)c12.FC1CC2CCCN2C1. The van der Waals surface area contributed by atoms with Gasteiger partial charge in [-0.15, -0.1) is 6.42 Å². The Morgan fingerprint density at radius 1 is 1.00 bits per heavy atom. The van der Waals surface area contributed by atoms with Crippen molar-refractivity contribution in [3.63, 3.8) is 0 Å².